The Morgan fingerprint density at radius 3 is 2.52 bits per heavy atom. The van der Waals surface area contributed by atoms with Crippen molar-refractivity contribution < 1.29 is 9.18 Å². The third kappa shape index (κ3) is 4.93. The van der Waals surface area contributed by atoms with Crippen LogP contribution in [0, 0.1) is 17.2 Å². The van der Waals surface area contributed by atoms with Gasteiger partial charge in [0.25, 0.3) is 5.91 Å². The first-order valence-corrected chi connectivity index (χ1v) is 11.4. The van der Waals surface area contributed by atoms with Gasteiger partial charge in [0, 0.05) is 16.8 Å². The molecule has 0 radical (unpaired) electrons. The number of aliphatic imine (C=N–C) groups is 1. The third-order valence-corrected chi connectivity index (χ3v) is 7.09. The minimum absolute atomic E-state index is 0.121. The van der Waals surface area contributed by atoms with Crippen LogP contribution in [0.4, 0.5) is 15.1 Å². The normalized spacial score (nSPS) is 16.3. The molecule has 0 unspecified atom stereocenters. The van der Waals surface area contributed by atoms with Crippen molar-refractivity contribution in [1.29, 1.82) is 0 Å². The van der Waals surface area contributed by atoms with Gasteiger partial charge in [-0.2, -0.15) is 0 Å². The number of carbonyl (C=O) groups is 1. The van der Waals surface area contributed by atoms with E-state index in [1.54, 1.807) is 29.7 Å². The molecule has 0 bridgehead atoms. The number of hydrogen-bond acceptors (Lipinski definition) is 3. The van der Waals surface area contributed by atoms with Crippen molar-refractivity contribution in [3.63, 3.8) is 0 Å². The summed E-state index contributed by atoms with van der Waals surface area (Å²) in [5.74, 6) is 0.182. The summed E-state index contributed by atoms with van der Waals surface area (Å²) in [5, 5.41) is 3.75. The Kier molecular flexibility index (Phi) is 6.05. The molecular weight excluding hydrogens is 407 g/mol. The quantitative estimate of drug-likeness (QED) is 0.440. The molecule has 2 aromatic carbocycles. The molecule has 1 amide bonds. The summed E-state index contributed by atoms with van der Waals surface area (Å²) < 4.78 is 13.2. The van der Waals surface area contributed by atoms with Gasteiger partial charge in [-0.3, -0.25) is 4.79 Å². The van der Waals surface area contributed by atoms with E-state index in [0.717, 1.165) is 41.1 Å². The van der Waals surface area contributed by atoms with Crippen LogP contribution in [-0.4, -0.2) is 12.1 Å². The first-order chi connectivity index (χ1) is 14.8. The van der Waals surface area contributed by atoms with Crippen molar-refractivity contribution in [3.8, 4) is 0 Å². The van der Waals surface area contributed by atoms with Gasteiger partial charge in [0.05, 0.1) is 5.56 Å². The largest absolute Gasteiger partial charge is 0.322 e. The second-order valence-corrected chi connectivity index (χ2v) is 10.2. The van der Waals surface area contributed by atoms with E-state index in [4.69, 9.17) is 0 Å². The average molecular weight is 435 g/mol. The molecule has 0 spiro atoms. The molecule has 3 nitrogen and oxygen atoms in total. The molecule has 4 rings (SSSR count). The van der Waals surface area contributed by atoms with Gasteiger partial charge in [0.15, 0.2) is 0 Å². The molecule has 5 heteroatoms. The SMILES string of the molecule is CC(C)(C)[C@H]1CCc2c(sc(N=Cc3ccc(F)cc3)c2C(=O)Nc2ccccc2)C1. The highest BCUT2D eigenvalue weighted by molar-refractivity contribution is 7.16. The maximum atomic E-state index is 13.3. The second kappa shape index (κ2) is 8.75. The van der Waals surface area contributed by atoms with E-state index in [9.17, 15) is 9.18 Å². The van der Waals surface area contributed by atoms with Crippen LogP contribution >= 0.6 is 11.3 Å². The minimum atomic E-state index is -0.278. The van der Waals surface area contributed by atoms with Crippen LogP contribution in [0.5, 0.6) is 0 Å². The first kappa shape index (κ1) is 21.4. The van der Waals surface area contributed by atoms with Crippen molar-refractivity contribution in [2.24, 2.45) is 16.3 Å². The highest BCUT2D eigenvalue weighted by atomic mass is 32.1. The smallest absolute Gasteiger partial charge is 0.259 e. The fourth-order valence-corrected chi connectivity index (χ4v) is 5.30. The monoisotopic (exact) mass is 434 g/mol. The van der Waals surface area contributed by atoms with E-state index >= 15 is 0 Å². The Labute approximate surface area is 187 Å². The van der Waals surface area contributed by atoms with Crippen molar-refractivity contribution in [2.75, 3.05) is 5.32 Å². The molecule has 0 saturated carbocycles. The number of hydrogen-bond donors (Lipinski definition) is 1. The van der Waals surface area contributed by atoms with Gasteiger partial charge in [-0.15, -0.1) is 11.3 Å². The number of carbonyl (C=O) groups excluding carboxylic acids is 1. The van der Waals surface area contributed by atoms with Crippen LogP contribution in [0.25, 0.3) is 0 Å². The molecule has 1 aromatic heterocycles. The number of amides is 1. The van der Waals surface area contributed by atoms with E-state index < -0.39 is 0 Å². The van der Waals surface area contributed by atoms with E-state index in [1.807, 2.05) is 30.3 Å². The Morgan fingerprint density at radius 2 is 1.84 bits per heavy atom. The van der Waals surface area contributed by atoms with E-state index in [-0.39, 0.29) is 17.1 Å². The molecule has 1 heterocycles. The zero-order valence-electron chi connectivity index (χ0n) is 18.1. The Morgan fingerprint density at radius 1 is 1.13 bits per heavy atom. The van der Waals surface area contributed by atoms with Crippen LogP contribution < -0.4 is 5.32 Å². The Bertz CT molecular complexity index is 1090. The predicted octanol–water partition coefficient (Wildman–Crippen LogP) is 7.04. The average Bonchev–Trinajstić information content (AvgIpc) is 3.11. The Hall–Kier alpha value is -2.79. The predicted molar refractivity (Wildman–Crippen MR) is 127 cm³/mol. The standard InChI is InChI=1S/C26H27FN2OS/c1-26(2,3)18-11-14-21-22(15-18)31-25(28-16-17-9-12-19(27)13-10-17)23(21)24(30)29-20-7-5-4-6-8-20/h4-10,12-13,16,18H,11,14-15H2,1-3H3,(H,29,30)/t18-/m0/s1. The lowest BCUT2D eigenvalue weighted by atomic mass is 9.72. The number of nitrogens with zero attached hydrogens (tertiary/aromatic N) is 1. The lowest BCUT2D eigenvalue weighted by molar-refractivity contribution is 0.102. The van der Waals surface area contributed by atoms with Gasteiger partial charge < -0.3 is 5.32 Å². The molecule has 0 fully saturated rings. The molecule has 1 N–H and O–H groups in total. The second-order valence-electron chi connectivity index (χ2n) is 9.12. The van der Waals surface area contributed by atoms with E-state index in [0.29, 0.717) is 11.5 Å². The number of benzene rings is 2. The summed E-state index contributed by atoms with van der Waals surface area (Å²) >= 11 is 1.61. The molecular formula is C26H27FN2OS. The fraction of sp³-hybridized carbons (Fsp3) is 0.308. The molecule has 0 saturated heterocycles. The lowest BCUT2D eigenvalue weighted by Gasteiger charge is -2.33. The van der Waals surface area contributed by atoms with E-state index in [2.05, 4.69) is 31.1 Å². The maximum absolute atomic E-state index is 13.3. The van der Waals surface area contributed by atoms with Gasteiger partial charge in [0.2, 0.25) is 0 Å². The molecule has 0 aliphatic heterocycles. The van der Waals surface area contributed by atoms with Crippen molar-refractivity contribution in [2.45, 2.75) is 40.0 Å². The van der Waals surface area contributed by atoms with Gasteiger partial charge in [-0.05, 0) is 66.0 Å². The fourth-order valence-electron chi connectivity index (χ4n) is 4.03. The molecule has 31 heavy (non-hydrogen) atoms. The molecule has 1 aliphatic rings. The summed E-state index contributed by atoms with van der Waals surface area (Å²) in [6, 6.07) is 15.7. The summed E-state index contributed by atoms with van der Waals surface area (Å²) in [4.78, 5) is 19.2. The van der Waals surface area contributed by atoms with Crippen LogP contribution in [0.3, 0.4) is 0 Å². The topological polar surface area (TPSA) is 41.5 Å². The van der Waals surface area contributed by atoms with Gasteiger partial charge in [0.1, 0.15) is 10.8 Å². The molecule has 160 valence electrons. The zero-order chi connectivity index (χ0) is 22.0. The number of para-hydroxylation sites is 1. The maximum Gasteiger partial charge on any atom is 0.259 e. The van der Waals surface area contributed by atoms with E-state index in [1.165, 1.54) is 17.0 Å². The van der Waals surface area contributed by atoms with Crippen LogP contribution in [0.15, 0.2) is 59.6 Å². The minimum Gasteiger partial charge on any atom is -0.322 e. The summed E-state index contributed by atoms with van der Waals surface area (Å²) in [6.07, 6.45) is 4.63. The number of rotatable bonds is 4. The van der Waals surface area contributed by atoms with Crippen LogP contribution in [0.2, 0.25) is 0 Å². The van der Waals surface area contributed by atoms with Crippen molar-refractivity contribution in [3.05, 3.63) is 82.0 Å². The Balaban J connectivity index is 1.69. The molecule has 3 aromatic rings. The highest BCUT2D eigenvalue weighted by Crippen LogP contribution is 2.45. The summed E-state index contributed by atoms with van der Waals surface area (Å²) in [5.41, 5.74) is 3.60. The van der Waals surface area contributed by atoms with Crippen molar-refractivity contribution >= 4 is 34.1 Å². The van der Waals surface area contributed by atoms with Gasteiger partial charge in [-0.1, -0.05) is 51.1 Å². The number of anilines is 1. The third-order valence-electron chi connectivity index (χ3n) is 5.93. The summed E-state index contributed by atoms with van der Waals surface area (Å²) in [6.45, 7) is 6.85. The number of nitrogens with one attached hydrogen (secondary N) is 1. The highest BCUT2D eigenvalue weighted by Gasteiger charge is 2.33. The number of fused-ring (bicyclic) bond motifs is 1. The van der Waals surface area contributed by atoms with Crippen LogP contribution in [0.1, 0.15) is 53.6 Å². The van der Waals surface area contributed by atoms with Crippen LogP contribution in [-0.2, 0) is 12.8 Å². The lowest BCUT2D eigenvalue weighted by Crippen LogP contribution is -2.27. The number of halogens is 1. The molecule has 1 atom stereocenters. The molecule has 1 aliphatic carbocycles. The first-order valence-electron chi connectivity index (χ1n) is 10.6. The van der Waals surface area contributed by atoms with Gasteiger partial charge >= 0.3 is 0 Å². The van der Waals surface area contributed by atoms with Gasteiger partial charge in [-0.25, -0.2) is 9.38 Å². The summed E-state index contributed by atoms with van der Waals surface area (Å²) in [7, 11) is 0. The zero-order valence-corrected chi connectivity index (χ0v) is 18.9. The number of thiophene rings is 1. The van der Waals surface area contributed by atoms with Crippen molar-refractivity contribution in [1.82, 2.24) is 0 Å².